The van der Waals surface area contributed by atoms with Gasteiger partial charge in [0.05, 0.1) is 6.54 Å². The highest BCUT2D eigenvalue weighted by molar-refractivity contribution is 5.23. The molecule has 1 aromatic heterocycles. The molecule has 0 aliphatic carbocycles. The second-order valence-corrected chi connectivity index (χ2v) is 4.37. The summed E-state index contributed by atoms with van der Waals surface area (Å²) in [7, 11) is 2.00. The van der Waals surface area contributed by atoms with Crippen molar-refractivity contribution in [3.63, 3.8) is 0 Å². The number of anilines is 1. The molecule has 0 atom stereocenters. The van der Waals surface area contributed by atoms with Crippen LogP contribution in [0, 0.1) is 5.82 Å². The second-order valence-electron chi connectivity index (χ2n) is 4.37. The number of hydrogen-bond acceptors (Lipinski definition) is 3. The van der Waals surface area contributed by atoms with Gasteiger partial charge in [-0.2, -0.15) is 5.10 Å². The zero-order valence-electron chi connectivity index (χ0n) is 10.4. The molecule has 0 spiro atoms. The number of hydrogen-bond donors (Lipinski definition) is 1. The largest absolute Gasteiger partial charge is 0.382 e. The summed E-state index contributed by atoms with van der Waals surface area (Å²) < 4.78 is 14.8. The third-order valence-electron chi connectivity index (χ3n) is 2.71. The Morgan fingerprint density at radius 3 is 2.89 bits per heavy atom. The van der Waals surface area contributed by atoms with Crippen molar-refractivity contribution in [1.29, 1.82) is 0 Å². The number of nitrogens with two attached hydrogens (primary N) is 1. The summed E-state index contributed by atoms with van der Waals surface area (Å²) in [6.07, 6.45) is 1.85. The molecule has 0 unspecified atom stereocenters. The van der Waals surface area contributed by atoms with E-state index < -0.39 is 0 Å². The van der Waals surface area contributed by atoms with Gasteiger partial charge < -0.3 is 10.6 Å². The van der Waals surface area contributed by atoms with Crippen LogP contribution in [0.15, 0.2) is 36.5 Å². The van der Waals surface area contributed by atoms with E-state index in [1.165, 1.54) is 6.07 Å². The van der Waals surface area contributed by atoms with Crippen LogP contribution in [0.1, 0.15) is 5.56 Å². The van der Waals surface area contributed by atoms with Crippen molar-refractivity contribution < 1.29 is 4.39 Å². The zero-order valence-corrected chi connectivity index (χ0v) is 10.4. The maximum atomic E-state index is 13.0. The van der Waals surface area contributed by atoms with Crippen molar-refractivity contribution >= 4 is 5.82 Å². The van der Waals surface area contributed by atoms with Crippen LogP contribution in [0.3, 0.4) is 0 Å². The highest BCUT2D eigenvalue weighted by Gasteiger charge is 2.02. The first-order chi connectivity index (χ1) is 8.63. The van der Waals surface area contributed by atoms with E-state index in [0.29, 0.717) is 12.4 Å². The first-order valence-electron chi connectivity index (χ1n) is 5.85. The Hall–Kier alpha value is -1.88. The smallest absolute Gasteiger partial charge is 0.145 e. The molecule has 1 heterocycles. The van der Waals surface area contributed by atoms with E-state index >= 15 is 0 Å². The zero-order chi connectivity index (χ0) is 13.0. The van der Waals surface area contributed by atoms with Gasteiger partial charge in [-0.1, -0.05) is 12.1 Å². The molecule has 0 radical (unpaired) electrons. The Balaban J connectivity index is 1.83. The maximum Gasteiger partial charge on any atom is 0.145 e. The fourth-order valence-electron chi connectivity index (χ4n) is 1.80. The molecule has 2 aromatic rings. The summed E-state index contributed by atoms with van der Waals surface area (Å²) in [5.41, 5.74) is 6.51. The molecule has 2 N–H and O–H groups in total. The van der Waals surface area contributed by atoms with Crippen molar-refractivity contribution in [2.24, 2.45) is 0 Å². The van der Waals surface area contributed by atoms with Gasteiger partial charge in [-0.25, -0.2) is 4.39 Å². The van der Waals surface area contributed by atoms with Crippen LogP contribution in [0.4, 0.5) is 10.2 Å². The molecular formula is C13H17FN4. The summed E-state index contributed by atoms with van der Waals surface area (Å²) in [5.74, 6) is 0.337. The normalized spacial score (nSPS) is 11.1. The number of halogens is 1. The van der Waals surface area contributed by atoms with E-state index in [2.05, 4.69) is 10.00 Å². The number of nitrogens with zero attached hydrogens (tertiary/aromatic N) is 3. The van der Waals surface area contributed by atoms with Crippen LogP contribution in [0.25, 0.3) is 0 Å². The van der Waals surface area contributed by atoms with Crippen LogP contribution in [-0.2, 0) is 13.1 Å². The van der Waals surface area contributed by atoms with Gasteiger partial charge in [0.1, 0.15) is 11.6 Å². The predicted molar refractivity (Wildman–Crippen MR) is 69.4 cm³/mol. The standard InChI is InChI=1S/C13H17FN4/c1-17(7-8-18-6-5-13(15)16-18)10-11-3-2-4-12(14)9-11/h2-6,9H,7-8,10H2,1H3,(H2,15,16). The van der Waals surface area contributed by atoms with Gasteiger partial charge in [-0.05, 0) is 30.8 Å². The highest BCUT2D eigenvalue weighted by atomic mass is 19.1. The fraction of sp³-hybridized carbons (Fsp3) is 0.308. The Bertz CT molecular complexity index is 509. The second kappa shape index (κ2) is 5.64. The molecule has 18 heavy (non-hydrogen) atoms. The number of rotatable bonds is 5. The van der Waals surface area contributed by atoms with Crippen molar-refractivity contribution in [1.82, 2.24) is 14.7 Å². The van der Waals surface area contributed by atoms with Crippen LogP contribution in [0.5, 0.6) is 0 Å². The monoisotopic (exact) mass is 248 g/mol. The molecule has 0 saturated carbocycles. The Kier molecular flexibility index (Phi) is 3.94. The van der Waals surface area contributed by atoms with Crippen LogP contribution in [-0.4, -0.2) is 28.3 Å². The highest BCUT2D eigenvalue weighted by Crippen LogP contribution is 2.06. The number of likely N-dealkylation sites (N-methyl/N-ethyl adjacent to an activating group) is 1. The topological polar surface area (TPSA) is 47.1 Å². The molecule has 5 heteroatoms. The van der Waals surface area contributed by atoms with Gasteiger partial charge in [0.25, 0.3) is 0 Å². The van der Waals surface area contributed by atoms with Gasteiger partial charge in [0, 0.05) is 19.3 Å². The Morgan fingerprint density at radius 1 is 1.39 bits per heavy atom. The first kappa shape index (κ1) is 12.6. The molecular weight excluding hydrogens is 231 g/mol. The van der Waals surface area contributed by atoms with Crippen LogP contribution < -0.4 is 5.73 Å². The molecule has 0 aliphatic rings. The summed E-state index contributed by atoms with van der Waals surface area (Å²) in [4.78, 5) is 2.12. The van der Waals surface area contributed by atoms with Gasteiger partial charge >= 0.3 is 0 Å². The summed E-state index contributed by atoms with van der Waals surface area (Å²) >= 11 is 0. The van der Waals surface area contributed by atoms with E-state index in [4.69, 9.17) is 5.73 Å². The lowest BCUT2D eigenvalue weighted by Crippen LogP contribution is -2.23. The van der Waals surface area contributed by atoms with Crippen molar-refractivity contribution in [2.75, 3.05) is 19.3 Å². The molecule has 0 saturated heterocycles. The van der Waals surface area contributed by atoms with Crippen LogP contribution >= 0.6 is 0 Å². The third-order valence-corrected chi connectivity index (χ3v) is 2.71. The van der Waals surface area contributed by atoms with Gasteiger partial charge in [0.15, 0.2) is 0 Å². The number of benzene rings is 1. The van der Waals surface area contributed by atoms with E-state index in [0.717, 1.165) is 18.7 Å². The lowest BCUT2D eigenvalue weighted by Gasteiger charge is -2.16. The van der Waals surface area contributed by atoms with Gasteiger partial charge in [-0.15, -0.1) is 0 Å². The third kappa shape index (κ3) is 3.56. The molecule has 0 amide bonds. The minimum absolute atomic E-state index is 0.194. The quantitative estimate of drug-likeness (QED) is 0.876. The average molecular weight is 248 g/mol. The predicted octanol–water partition coefficient (Wildman–Crippen LogP) is 1.74. The van der Waals surface area contributed by atoms with Crippen molar-refractivity contribution in [3.05, 3.63) is 47.9 Å². The van der Waals surface area contributed by atoms with E-state index in [1.807, 2.05) is 19.3 Å². The Labute approximate surface area is 106 Å². The van der Waals surface area contributed by atoms with E-state index in [-0.39, 0.29) is 5.82 Å². The molecule has 0 aliphatic heterocycles. The molecule has 2 rings (SSSR count). The Morgan fingerprint density at radius 2 is 2.22 bits per heavy atom. The van der Waals surface area contributed by atoms with Crippen molar-refractivity contribution in [2.45, 2.75) is 13.1 Å². The number of nitrogen functional groups attached to an aromatic ring is 1. The van der Waals surface area contributed by atoms with E-state index in [9.17, 15) is 4.39 Å². The first-order valence-corrected chi connectivity index (χ1v) is 5.85. The van der Waals surface area contributed by atoms with Crippen LogP contribution in [0.2, 0.25) is 0 Å². The fourth-order valence-corrected chi connectivity index (χ4v) is 1.80. The molecule has 1 aromatic carbocycles. The maximum absolute atomic E-state index is 13.0. The number of aromatic nitrogens is 2. The molecule has 0 fully saturated rings. The molecule has 96 valence electrons. The lowest BCUT2D eigenvalue weighted by atomic mass is 10.2. The summed E-state index contributed by atoms with van der Waals surface area (Å²) in [6.45, 7) is 2.31. The minimum atomic E-state index is -0.194. The average Bonchev–Trinajstić information content (AvgIpc) is 2.73. The summed E-state index contributed by atoms with van der Waals surface area (Å²) in [6, 6.07) is 8.43. The summed E-state index contributed by atoms with van der Waals surface area (Å²) in [5, 5.41) is 4.11. The molecule has 0 bridgehead atoms. The molecule has 4 nitrogen and oxygen atoms in total. The van der Waals surface area contributed by atoms with Crippen molar-refractivity contribution in [3.8, 4) is 0 Å². The van der Waals surface area contributed by atoms with E-state index in [1.54, 1.807) is 22.9 Å². The SMILES string of the molecule is CN(CCn1ccc(N)n1)Cc1cccc(F)c1. The van der Waals surface area contributed by atoms with Gasteiger partial charge in [-0.3, -0.25) is 4.68 Å². The van der Waals surface area contributed by atoms with Gasteiger partial charge in [0.2, 0.25) is 0 Å². The lowest BCUT2D eigenvalue weighted by molar-refractivity contribution is 0.305. The minimum Gasteiger partial charge on any atom is -0.382 e.